The second-order valence-corrected chi connectivity index (χ2v) is 5.59. The Kier molecular flexibility index (Phi) is 4.62. The number of hydrogen-bond donors (Lipinski definition) is 1. The van der Waals surface area contributed by atoms with Crippen LogP contribution in [0, 0.1) is 0 Å². The van der Waals surface area contributed by atoms with E-state index in [0.29, 0.717) is 0 Å². The molecule has 0 atom stereocenters. The van der Waals surface area contributed by atoms with Gasteiger partial charge in [0.25, 0.3) is 0 Å². The molecule has 17 heavy (non-hydrogen) atoms. The van der Waals surface area contributed by atoms with E-state index in [0.717, 1.165) is 0 Å². The minimum absolute atomic E-state index is 0.0459. The first-order valence-electron chi connectivity index (χ1n) is 5.07. The quantitative estimate of drug-likeness (QED) is 0.734. The van der Waals surface area contributed by atoms with E-state index in [2.05, 4.69) is 0 Å². The first-order valence-corrected chi connectivity index (χ1v) is 6.32. The molecule has 0 aromatic rings. The summed E-state index contributed by atoms with van der Waals surface area (Å²) in [7, 11) is -0.116. The molecule has 1 aliphatic rings. The molecule has 96 valence electrons. The van der Waals surface area contributed by atoms with Crippen LogP contribution in [-0.2, 0) is 18.6 Å². The van der Waals surface area contributed by atoms with Crippen molar-refractivity contribution >= 4 is 20.3 Å². The van der Waals surface area contributed by atoms with E-state index in [1.54, 1.807) is 20.9 Å². The molecule has 1 N–H and O–H groups in total. The molecule has 0 saturated carbocycles. The third-order valence-electron chi connectivity index (χ3n) is 1.79. The maximum absolute atomic E-state index is 11.4. The summed E-state index contributed by atoms with van der Waals surface area (Å²) in [5, 5.41) is 9.48. The van der Waals surface area contributed by atoms with E-state index in [9.17, 15) is 14.7 Å². The first kappa shape index (κ1) is 14.1. The van der Waals surface area contributed by atoms with Crippen molar-refractivity contribution in [1.29, 1.82) is 0 Å². The third kappa shape index (κ3) is 5.77. The molecule has 0 spiro atoms. The average molecular weight is 261 g/mol. The molecule has 0 radical (unpaired) electrons. The molecule has 0 unspecified atom stereocenters. The van der Waals surface area contributed by atoms with Crippen LogP contribution >= 0.6 is 8.38 Å². The normalized spacial score (nSPS) is 20.9. The van der Waals surface area contributed by atoms with Gasteiger partial charge in [0, 0.05) is 5.82 Å². The second-order valence-electron chi connectivity index (χ2n) is 4.35. The Hall–Kier alpha value is -0.970. The van der Waals surface area contributed by atoms with Gasteiger partial charge in [0.05, 0.1) is 18.7 Å². The highest BCUT2D eigenvalue weighted by Gasteiger charge is 2.25. The van der Waals surface area contributed by atoms with Crippen LogP contribution in [0.4, 0.5) is 0 Å². The lowest BCUT2D eigenvalue weighted by atomic mass is 10.1. The van der Waals surface area contributed by atoms with Gasteiger partial charge in [-0.15, -0.1) is 0 Å². The highest BCUT2D eigenvalue weighted by molar-refractivity contribution is 7.51. The summed E-state index contributed by atoms with van der Waals surface area (Å²) in [4.78, 5) is 24.2. The highest BCUT2D eigenvalue weighted by Crippen LogP contribution is 2.41. The number of carbonyl (C=O) groups is 2. The summed E-state index contributed by atoms with van der Waals surface area (Å²) in [6.45, 7) is 3.23. The fourth-order valence-corrected chi connectivity index (χ4v) is 2.24. The van der Waals surface area contributed by atoms with E-state index in [1.165, 1.54) is 16.8 Å². The summed E-state index contributed by atoms with van der Waals surface area (Å²) < 4.78 is 9.94. The number of aliphatic hydroxyl groups is 1. The lowest BCUT2D eigenvalue weighted by molar-refractivity contribution is -0.142. The predicted molar refractivity (Wildman–Crippen MR) is 62.0 cm³/mol. The van der Waals surface area contributed by atoms with Gasteiger partial charge in [-0.05, 0) is 27.0 Å². The summed E-state index contributed by atoms with van der Waals surface area (Å²) >= 11 is 0. The first-order chi connectivity index (χ1) is 7.76. The molecule has 1 heterocycles. The third-order valence-corrected chi connectivity index (χ3v) is 2.95. The van der Waals surface area contributed by atoms with E-state index in [1.807, 2.05) is 0 Å². The molecule has 1 rings (SSSR count). The van der Waals surface area contributed by atoms with Gasteiger partial charge in [0.15, 0.2) is 0 Å². The zero-order chi connectivity index (χ0) is 13.1. The van der Waals surface area contributed by atoms with Crippen LogP contribution in [0.5, 0.6) is 0 Å². The van der Waals surface area contributed by atoms with Crippen LogP contribution in [0.3, 0.4) is 0 Å². The van der Waals surface area contributed by atoms with E-state index in [4.69, 9.17) is 9.05 Å². The standard InChI is InChI=1S/C10H16NO5P/c1-10(2,14)4-5-17-15-8(12)6-11(3)7-9(13)16-17/h4-5,14H,6-7H2,1-3H3/b5-4+. The topological polar surface area (TPSA) is 76.1 Å². The van der Waals surface area contributed by atoms with E-state index < -0.39 is 25.9 Å². The summed E-state index contributed by atoms with van der Waals surface area (Å²) in [5.41, 5.74) is -1.04. The smallest absolute Gasteiger partial charge is 0.325 e. The fourth-order valence-electron chi connectivity index (χ4n) is 1.08. The Balaban J connectivity index is 2.68. The number of carbonyl (C=O) groups excluding carboxylic acids is 2. The van der Waals surface area contributed by atoms with Crippen LogP contribution in [0.2, 0.25) is 0 Å². The highest BCUT2D eigenvalue weighted by atomic mass is 31.2. The fraction of sp³-hybridized carbons (Fsp3) is 0.600. The van der Waals surface area contributed by atoms with Crippen LogP contribution in [-0.4, -0.2) is 47.7 Å². The monoisotopic (exact) mass is 261 g/mol. The Morgan fingerprint density at radius 1 is 1.29 bits per heavy atom. The lowest BCUT2D eigenvalue weighted by Gasteiger charge is -2.22. The molecule has 1 aliphatic heterocycles. The Morgan fingerprint density at radius 2 is 1.76 bits per heavy atom. The van der Waals surface area contributed by atoms with Crippen molar-refractivity contribution < 1.29 is 23.7 Å². The molecule has 6 nitrogen and oxygen atoms in total. The van der Waals surface area contributed by atoms with Gasteiger partial charge < -0.3 is 14.2 Å². The van der Waals surface area contributed by atoms with Crippen molar-refractivity contribution in [3.05, 3.63) is 11.9 Å². The minimum atomic E-state index is -1.74. The largest absolute Gasteiger partial charge is 0.402 e. The van der Waals surface area contributed by atoms with Gasteiger partial charge in [-0.3, -0.25) is 14.5 Å². The van der Waals surface area contributed by atoms with Crippen molar-refractivity contribution in [2.24, 2.45) is 0 Å². The van der Waals surface area contributed by atoms with Gasteiger partial charge in [-0.2, -0.15) is 0 Å². The van der Waals surface area contributed by atoms with E-state index >= 15 is 0 Å². The number of hydrogen-bond acceptors (Lipinski definition) is 6. The Morgan fingerprint density at radius 3 is 2.18 bits per heavy atom. The van der Waals surface area contributed by atoms with Gasteiger partial charge in [-0.1, -0.05) is 0 Å². The van der Waals surface area contributed by atoms with Gasteiger partial charge in [0.1, 0.15) is 0 Å². The molecule has 0 bridgehead atoms. The van der Waals surface area contributed by atoms with Crippen molar-refractivity contribution in [3.63, 3.8) is 0 Å². The van der Waals surface area contributed by atoms with Crippen LogP contribution < -0.4 is 0 Å². The lowest BCUT2D eigenvalue weighted by Crippen LogP contribution is -2.34. The van der Waals surface area contributed by atoms with E-state index in [-0.39, 0.29) is 13.1 Å². The molecular formula is C10H16NO5P. The second kappa shape index (κ2) is 5.58. The minimum Gasteiger partial charge on any atom is -0.402 e. The number of likely N-dealkylation sites (N-methyl/N-ethyl adjacent to an activating group) is 1. The van der Waals surface area contributed by atoms with Crippen molar-refractivity contribution in [2.75, 3.05) is 20.1 Å². The van der Waals surface area contributed by atoms with Gasteiger partial charge >= 0.3 is 20.3 Å². The van der Waals surface area contributed by atoms with Crippen LogP contribution in [0.15, 0.2) is 11.9 Å². The molecule has 1 fully saturated rings. The molecule has 7 heteroatoms. The maximum atomic E-state index is 11.4. The van der Waals surface area contributed by atoms with Gasteiger partial charge in [-0.25, -0.2) is 0 Å². The molecular weight excluding hydrogens is 245 g/mol. The van der Waals surface area contributed by atoms with Crippen LogP contribution in [0.25, 0.3) is 0 Å². The summed E-state index contributed by atoms with van der Waals surface area (Å²) in [6, 6.07) is 0. The average Bonchev–Trinajstić information content (AvgIpc) is 2.09. The van der Waals surface area contributed by atoms with Gasteiger partial charge in [0.2, 0.25) is 0 Å². The maximum Gasteiger partial charge on any atom is 0.325 e. The summed E-state index contributed by atoms with van der Waals surface area (Å²) in [5.74, 6) is 0.509. The number of rotatable bonds is 2. The Bertz CT molecular complexity index is 316. The molecule has 0 aromatic heterocycles. The number of nitrogens with zero attached hydrogens (tertiary/aromatic N) is 1. The predicted octanol–water partition coefficient (Wildman–Crippen LogP) is 0.615. The summed E-state index contributed by atoms with van der Waals surface area (Å²) in [6.07, 6.45) is 1.44. The van der Waals surface area contributed by atoms with Crippen molar-refractivity contribution in [2.45, 2.75) is 19.4 Å². The molecule has 0 amide bonds. The molecule has 0 aliphatic carbocycles. The molecule has 1 saturated heterocycles. The molecule has 0 aromatic carbocycles. The zero-order valence-corrected chi connectivity index (χ0v) is 10.9. The zero-order valence-electron chi connectivity index (χ0n) is 10.0. The van der Waals surface area contributed by atoms with Crippen molar-refractivity contribution in [1.82, 2.24) is 4.90 Å². The Labute approximate surface area is 101 Å². The van der Waals surface area contributed by atoms with Crippen LogP contribution in [0.1, 0.15) is 13.8 Å². The SMILES string of the molecule is CN1CC(=O)OP(/C=C/C(C)(C)O)OC(=O)C1. The van der Waals surface area contributed by atoms with Crippen molar-refractivity contribution in [3.8, 4) is 0 Å².